The molecule has 0 bridgehead atoms. The second-order valence-corrected chi connectivity index (χ2v) is 9.00. The van der Waals surface area contributed by atoms with E-state index in [1.807, 2.05) is 48.7 Å². The third-order valence-electron chi connectivity index (χ3n) is 6.95. The maximum atomic E-state index is 13.2. The van der Waals surface area contributed by atoms with Crippen molar-refractivity contribution in [1.82, 2.24) is 9.88 Å². The van der Waals surface area contributed by atoms with E-state index < -0.39 is 11.6 Å². The molecule has 0 spiro atoms. The van der Waals surface area contributed by atoms with E-state index in [2.05, 4.69) is 16.0 Å². The zero-order chi connectivity index (χ0) is 21.5. The van der Waals surface area contributed by atoms with Crippen LogP contribution in [-0.2, 0) is 15.1 Å². The molecule has 5 heteroatoms. The number of ether oxygens (including phenoxy) is 1. The van der Waals surface area contributed by atoms with Gasteiger partial charge in [0.2, 0.25) is 0 Å². The smallest absolute Gasteiger partial charge is 0.343 e. The van der Waals surface area contributed by atoms with E-state index in [1.165, 1.54) is 12.8 Å². The van der Waals surface area contributed by atoms with Crippen LogP contribution in [0.4, 0.5) is 0 Å². The topological polar surface area (TPSA) is 62.7 Å². The van der Waals surface area contributed by atoms with Gasteiger partial charge in [-0.2, -0.15) is 0 Å². The maximum absolute atomic E-state index is 13.2. The Morgan fingerprint density at radius 3 is 2.45 bits per heavy atom. The van der Waals surface area contributed by atoms with Gasteiger partial charge in [0.25, 0.3) is 0 Å². The Morgan fingerprint density at radius 2 is 1.77 bits per heavy atom. The number of rotatable bonds is 9. The molecule has 31 heavy (non-hydrogen) atoms. The Kier molecular flexibility index (Phi) is 7.36. The molecule has 1 N–H and O–H groups in total. The summed E-state index contributed by atoms with van der Waals surface area (Å²) in [6.45, 7) is 3.47. The Hall–Kier alpha value is -2.24. The molecule has 0 radical (unpaired) electrons. The van der Waals surface area contributed by atoms with Crippen LogP contribution in [0.3, 0.4) is 0 Å². The highest BCUT2D eigenvalue weighted by Gasteiger charge is 2.47. The van der Waals surface area contributed by atoms with Gasteiger partial charge in [-0.05, 0) is 62.9 Å². The van der Waals surface area contributed by atoms with Crippen molar-refractivity contribution in [2.24, 2.45) is 5.92 Å². The normalized spacial score (nSPS) is 20.4. The number of carbonyl (C=O) groups excluding carboxylic acids is 1. The highest BCUT2D eigenvalue weighted by molar-refractivity contribution is 5.81. The Labute approximate surface area is 185 Å². The first-order valence-corrected chi connectivity index (χ1v) is 11.8. The number of hydrogen-bond acceptors (Lipinski definition) is 5. The van der Waals surface area contributed by atoms with E-state index in [0.29, 0.717) is 12.0 Å². The van der Waals surface area contributed by atoms with Crippen molar-refractivity contribution in [2.75, 3.05) is 26.2 Å². The molecule has 2 aromatic rings. The number of likely N-dealkylation sites (tertiary alicyclic amines) is 1. The summed E-state index contributed by atoms with van der Waals surface area (Å²) in [7, 11) is 0. The van der Waals surface area contributed by atoms with Gasteiger partial charge in [0.15, 0.2) is 5.60 Å². The van der Waals surface area contributed by atoms with Crippen molar-refractivity contribution in [2.45, 2.75) is 56.5 Å². The number of pyridine rings is 1. The third kappa shape index (κ3) is 5.16. The van der Waals surface area contributed by atoms with Crippen LogP contribution < -0.4 is 0 Å². The lowest BCUT2D eigenvalue weighted by Crippen LogP contribution is -2.43. The predicted molar refractivity (Wildman–Crippen MR) is 121 cm³/mol. The molecular formula is C26H34N2O3. The molecule has 1 unspecified atom stereocenters. The van der Waals surface area contributed by atoms with E-state index in [0.717, 1.165) is 51.0 Å². The molecule has 0 amide bonds. The Morgan fingerprint density at radius 1 is 1.06 bits per heavy atom. The van der Waals surface area contributed by atoms with E-state index in [1.54, 1.807) is 0 Å². The largest absolute Gasteiger partial charge is 0.463 e. The van der Waals surface area contributed by atoms with E-state index in [-0.39, 0.29) is 18.4 Å². The summed E-state index contributed by atoms with van der Waals surface area (Å²) >= 11 is 0. The lowest BCUT2D eigenvalue weighted by molar-refractivity contribution is -0.174. The maximum Gasteiger partial charge on any atom is 0.343 e. The van der Waals surface area contributed by atoms with Gasteiger partial charge < -0.3 is 14.7 Å². The van der Waals surface area contributed by atoms with Crippen molar-refractivity contribution in [3.8, 4) is 0 Å². The fourth-order valence-electron chi connectivity index (χ4n) is 5.19. The molecule has 2 fully saturated rings. The number of aromatic nitrogens is 1. The molecule has 1 aromatic carbocycles. The van der Waals surface area contributed by atoms with E-state index in [4.69, 9.17) is 4.74 Å². The number of nitrogens with zero attached hydrogens (tertiary/aromatic N) is 2. The Balaban J connectivity index is 1.43. The number of carbonyl (C=O) groups is 1. The molecule has 2 atom stereocenters. The minimum absolute atomic E-state index is 0.0846. The molecule has 1 saturated carbocycles. The van der Waals surface area contributed by atoms with E-state index >= 15 is 0 Å². The summed E-state index contributed by atoms with van der Waals surface area (Å²) in [5, 5.41) is 11.6. The van der Waals surface area contributed by atoms with Crippen LogP contribution in [0.25, 0.3) is 0 Å². The summed E-state index contributed by atoms with van der Waals surface area (Å²) < 4.78 is 5.76. The fourth-order valence-corrected chi connectivity index (χ4v) is 5.19. The highest BCUT2D eigenvalue weighted by Crippen LogP contribution is 2.41. The zero-order valence-corrected chi connectivity index (χ0v) is 18.3. The van der Waals surface area contributed by atoms with Crippen LogP contribution in [0.2, 0.25) is 0 Å². The van der Waals surface area contributed by atoms with Gasteiger partial charge in [0, 0.05) is 30.3 Å². The first-order chi connectivity index (χ1) is 15.2. The summed E-state index contributed by atoms with van der Waals surface area (Å²) in [4.78, 5) is 20.3. The Bertz CT molecular complexity index is 817. The number of aliphatic hydroxyl groups is 1. The SMILES string of the molecule is O=C(OCC[C@@H](CN1CCCC1)c1ccccn1)C(O)(c1ccccc1)C1CCCC1. The molecule has 1 saturated heterocycles. The molecule has 1 aliphatic heterocycles. The van der Waals surface area contributed by atoms with Crippen molar-refractivity contribution >= 4 is 5.97 Å². The fraction of sp³-hybridized carbons (Fsp3) is 0.538. The minimum Gasteiger partial charge on any atom is -0.463 e. The lowest BCUT2D eigenvalue weighted by atomic mass is 9.80. The van der Waals surface area contributed by atoms with Crippen LogP contribution >= 0.6 is 0 Å². The molecular weight excluding hydrogens is 388 g/mol. The first kappa shape index (κ1) is 22.0. The second kappa shape index (κ2) is 10.4. The number of hydrogen-bond donors (Lipinski definition) is 1. The van der Waals surface area contributed by atoms with Gasteiger partial charge in [-0.25, -0.2) is 4.79 Å². The summed E-state index contributed by atoms with van der Waals surface area (Å²) in [5.41, 5.74) is 0.123. The standard InChI is InChI=1S/C26H34N2O3/c29-25(26(30,23-12-4-5-13-23)22-10-2-1-3-11-22)31-19-15-21(20-28-17-8-9-18-28)24-14-6-7-16-27-24/h1-3,6-7,10-11,14,16,21,23,30H,4-5,8-9,12-13,15,17-20H2/t21-,26?/m0/s1. The van der Waals surface area contributed by atoms with Crippen LogP contribution in [-0.4, -0.2) is 47.2 Å². The third-order valence-corrected chi connectivity index (χ3v) is 6.95. The molecule has 1 aromatic heterocycles. The van der Waals surface area contributed by atoms with Crippen LogP contribution in [0, 0.1) is 5.92 Å². The lowest BCUT2D eigenvalue weighted by Gasteiger charge is -2.32. The van der Waals surface area contributed by atoms with Crippen molar-refractivity contribution < 1.29 is 14.6 Å². The van der Waals surface area contributed by atoms with Crippen LogP contribution in [0.5, 0.6) is 0 Å². The van der Waals surface area contributed by atoms with E-state index in [9.17, 15) is 9.90 Å². The summed E-state index contributed by atoms with van der Waals surface area (Å²) in [5.74, 6) is -0.381. The highest BCUT2D eigenvalue weighted by atomic mass is 16.5. The van der Waals surface area contributed by atoms with Crippen LogP contribution in [0.15, 0.2) is 54.7 Å². The minimum atomic E-state index is -1.56. The van der Waals surface area contributed by atoms with Gasteiger partial charge in [0.1, 0.15) is 0 Å². The summed E-state index contributed by atoms with van der Waals surface area (Å²) in [6.07, 6.45) is 8.82. The van der Waals surface area contributed by atoms with Crippen molar-refractivity contribution in [3.63, 3.8) is 0 Å². The molecule has 2 aliphatic rings. The molecule has 5 nitrogen and oxygen atoms in total. The van der Waals surface area contributed by atoms with Gasteiger partial charge in [-0.15, -0.1) is 0 Å². The van der Waals surface area contributed by atoms with Gasteiger partial charge in [0.05, 0.1) is 6.61 Å². The number of esters is 1. The monoisotopic (exact) mass is 422 g/mol. The second-order valence-electron chi connectivity index (χ2n) is 9.00. The average molecular weight is 423 g/mol. The molecule has 166 valence electrons. The summed E-state index contributed by atoms with van der Waals surface area (Å²) in [6, 6.07) is 15.3. The van der Waals surface area contributed by atoms with Crippen LogP contribution in [0.1, 0.15) is 62.1 Å². The van der Waals surface area contributed by atoms with Crippen molar-refractivity contribution in [3.05, 3.63) is 66.0 Å². The van der Waals surface area contributed by atoms with Gasteiger partial charge in [-0.3, -0.25) is 4.98 Å². The first-order valence-electron chi connectivity index (χ1n) is 11.8. The van der Waals surface area contributed by atoms with Gasteiger partial charge >= 0.3 is 5.97 Å². The molecule has 1 aliphatic carbocycles. The van der Waals surface area contributed by atoms with Gasteiger partial charge in [-0.1, -0.05) is 49.2 Å². The zero-order valence-electron chi connectivity index (χ0n) is 18.3. The predicted octanol–water partition coefficient (Wildman–Crippen LogP) is 4.27. The molecule has 2 heterocycles. The average Bonchev–Trinajstić information content (AvgIpc) is 3.54. The molecule has 4 rings (SSSR count). The number of benzene rings is 1. The quantitative estimate of drug-likeness (QED) is 0.612. The van der Waals surface area contributed by atoms with Crippen molar-refractivity contribution in [1.29, 1.82) is 0 Å².